The highest BCUT2D eigenvalue weighted by Crippen LogP contribution is 2.45. The topological polar surface area (TPSA) is 147 Å². The normalized spacial score (nSPS) is 13.6. The van der Waals surface area contributed by atoms with Crippen LogP contribution in [-0.2, 0) is 0 Å². The van der Waals surface area contributed by atoms with Gasteiger partial charge in [0, 0.05) is 18.0 Å². The van der Waals surface area contributed by atoms with Crippen molar-refractivity contribution in [3.63, 3.8) is 0 Å². The Hall–Kier alpha value is -6.60. The van der Waals surface area contributed by atoms with Crippen LogP contribution in [0.2, 0.25) is 0 Å². The second kappa shape index (κ2) is 13.4. The summed E-state index contributed by atoms with van der Waals surface area (Å²) < 4.78 is 0. The fraction of sp³-hybridized carbons (Fsp3) is 0.100. The average molecular weight is 597 g/mol. The first-order valence-corrected chi connectivity index (χ1v) is 14.4. The summed E-state index contributed by atoms with van der Waals surface area (Å²) in [4.78, 5) is 0. The molecule has 4 aromatic rings. The van der Waals surface area contributed by atoms with Gasteiger partial charge in [0.15, 0.2) is 0 Å². The predicted octanol–water partition coefficient (Wildman–Crippen LogP) is 9.09. The van der Waals surface area contributed by atoms with E-state index < -0.39 is 0 Å². The lowest BCUT2D eigenvalue weighted by molar-refractivity contribution is 1.45. The maximum absolute atomic E-state index is 9.93. The van der Waals surface area contributed by atoms with Gasteiger partial charge in [-0.1, -0.05) is 43.5 Å². The van der Waals surface area contributed by atoms with Gasteiger partial charge in [0.1, 0.15) is 12.1 Å². The fourth-order valence-corrected chi connectivity index (χ4v) is 5.94. The molecular weight excluding hydrogens is 564 g/mol. The molecule has 0 aromatic heterocycles. The molecule has 4 aromatic carbocycles. The Morgan fingerprint density at radius 1 is 0.609 bits per heavy atom. The zero-order valence-electron chi connectivity index (χ0n) is 26.3. The summed E-state index contributed by atoms with van der Waals surface area (Å²) in [5.41, 5.74) is 19.7. The molecule has 0 aliphatic carbocycles. The van der Waals surface area contributed by atoms with E-state index in [-0.39, 0.29) is 0 Å². The number of rotatable bonds is 8. The van der Waals surface area contributed by atoms with Crippen molar-refractivity contribution in [1.29, 1.82) is 21.0 Å². The summed E-state index contributed by atoms with van der Waals surface area (Å²) >= 11 is 0. The Labute approximate surface area is 269 Å². The molecule has 4 rings (SSSR count). The highest BCUT2D eigenvalue weighted by molar-refractivity contribution is 6.29. The minimum atomic E-state index is 0.325. The Bertz CT molecular complexity index is 2320. The van der Waals surface area contributed by atoms with Crippen molar-refractivity contribution >= 4 is 54.6 Å². The number of benzene rings is 4. The molecule has 0 fully saturated rings. The fourth-order valence-electron chi connectivity index (χ4n) is 5.94. The second-order valence-corrected chi connectivity index (χ2v) is 11.0. The van der Waals surface area contributed by atoms with E-state index in [2.05, 4.69) is 73.8 Å². The van der Waals surface area contributed by atoms with Crippen molar-refractivity contribution in [1.82, 2.24) is 0 Å². The van der Waals surface area contributed by atoms with Gasteiger partial charge in [-0.2, -0.15) is 21.0 Å². The number of hydrogen-bond donors (Lipinski definition) is 2. The van der Waals surface area contributed by atoms with Gasteiger partial charge in [0.25, 0.3) is 0 Å². The van der Waals surface area contributed by atoms with Crippen molar-refractivity contribution in [2.45, 2.75) is 27.7 Å². The van der Waals surface area contributed by atoms with E-state index in [1.165, 1.54) is 12.4 Å². The van der Waals surface area contributed by atoms with Crippen LogP contribution in [-0.4, -0.2) is 0 Å². The SMILES string of the molecule is C=C/C(C#N)=C(\C)c1cc(/C(C)=C/C(C#N)=C\N)c2ccc3c(/C(C)=C/C(=C)C#N)cc(/C(C)=C/C(C#N)=C\N)c4ccc1c2c43. The predicted molar refractivity (Wildman–Crippen MR) is 190 cm³/mol. The van der Waals surface area contributed by atoms with Crippen LogP contribution in [0.1, 0.15) is 49.9 Å². The highest BCUT2D eigenvalue weighted by atomic mass is 14.5. The van der Waals surface area contributed by atoms with Crippen LogP contribution >= 0.6 is 0 Å². The molecule has 0 heterocycles. The maximum Gasteiger partial charge on any atom is 0.101 e. The van der Waals surface area contributed by atoms with E-state index in [1.807, 2.05) is 27.7 Å². The molecule has 0 saturated carbocycles. The van der Waals surface area contributed by atoms with Gasteiger partial charge in [-0.3, -0.25) is 0 Å². The van der Waals surface area contributed by atoms with Crippen molar-refractivity contribution in [3.8, 4) is 24.3 Å². The smallest absolute Gasteiger partial charge is 0.101 e. The molecule has 222 valence electrons. The first-order valence-electron chi connectivity index (χ1n) is 14.4. The Morgan fingerprint density at radius 2 is 1.00 bits per heavy atom. The first kappa shape index (κ1) is 32.3. The maximum atomic E-state index is 9.93. The molecule has 0 unspecified atom stereocenters. The van der Waals surface area contributed by atoms with Crippen molar-refractivity contribution in [2.24, 2.45) is 11.5 Å². The van der Waals surface area contributed by atoms with Crippen LogP contribution in [0, 0.1) is 45.3 Å². The first-order chi connectivity index (χ1) is 22.1. The Balaban J connectivity index is 2.37. The van der Waals surface area contributed by atoms with Gasteiger partial charge in [-0.05, 0) is 135 Å². The van der Waals surface area contributed by atoms with Crippen LogP contribution < -0.4 is 11.5 Å². The molecule has 4 N–H and O–H groups in total. The van der Waals surface area contributed by atoms with Gasteiger partial charge in [-0.25, -0.2) is 0 Å². The van der Waals surface area contributed by atoms with Gasteiger partial charge < -0.3 is 11.5 Å². The molecule has 0 bridgehead atoms. The number of hydrogen-bond acceptors (Lipinski definition) is 6. The molecule has 0 atom stereocenters. The zero-order valence-corrected chi connectivity index (χ0v) is 26.3. The van der Waals surface area contributed by atoms with Crippen LogP contribution in [0.3, 0.4) is 0 Å². The van der Waals surface area contributed by atoms with Gasteiger partial charge >= 0.3 is 0 Å². The summed E-state index contributed by atoms with van der Waals surface area (Å²) in [6.07, 6.45) is 9.38. The third kappa shape index (κ3) is 5.68. The third-order valence-corrected chi connectivity index (χ3v) is 8.20. The van der Waals surface area contributed by atoms with Gasteiger partial charge in [-0.15, -0.1) is 0 Å². The number of allylic oxidation sites excluding steroid dienone is 12. The van der Waals surface area contributed by atoms with Gasteiger partial charge in [0.05, 0.1) is 28.9 Å². The molecule has 0 amide bonds. The van der Waals surface area contributed by atoms with Crippen molar-refractivity contribution in [3.05, 3.63) is 131 Å². The average Bonchev–Trinajstić information content (AvgIpc) is 3.07. The summed E-state index contributed by atoms with van der Waals surface area (Å²) in [7, 11) is 0. The van der Waals surface area contributed by atoms with E-state index in [0.717, 1.165) is 76.9 Å². The summed E-state index contributed by atoms with van der Waals surface area (Å²) in [6, 6.07) is 21.0. The molecule has 0 saturated heterocycles. The Morgan fingerprint density at radius 3 is 1.35 bits per heavy atom. The van der Waals surface area contributed by atoms with E-state index in [4.69, 9.17) is 11.5 Å². The molecule has 6 heteroatoms. The molecule has 46 heavy (non-hydrogen) atoms. The van der Waals surface area contributed by atoms with E-state index in [0.29, 0.717) is 22.3 Å². The molecule has 0 spiro atoms. The van der Waals surface area contributed by atoms with Gasteiger partial charge in [0.2, 0.25) is 0 Å². The number of nitrogens with zero attached hydrogens (tertiary/aromatic N) is 4. The van der Waals surface area contributed by atoms with Crippen LogP contribution in [0.15, 0.2) is 109 Å². The number of nitriles is 4. The lowest BCUT2D eigenvalue weighted by Crippen LogP contribution is -1.98. The lowest BCUT2D eigenvalue weighted by atomic mass is 9.81. The third-order valence-electron chi connectivity index (χ3n) is 8.20. The monoisotopic (exact) mass is 596 g/mol. The molecule has 0 radical (unpaired) electrons. The molecule has 0 aliphatic heterocycles. The van der Waals surface area contributed by atoms with E-state index >= 15 is 0 Å². The summed E-state index contributed by atoms with van der Waals surface area (Å²) in [5, 5.41) is 44.4. The zero-order chi connectivity index (χ0) is 33.7. The molecule has 0 aliphatic rings. The lowest BCUT2D eigenvalue weighted by Gasteiger charge is -2.22. The van der Waals surface area contributed by atoms with Crippen LogP contribution in [0.25, 0.3) is 54.6 Å². The van der Waals surface area contributed by atoms with Crippen molar-refractivity contribution < 1.29 is 0 Å². The minimum Gasteiger partial charge on any atom is -0.404 e. The Kier molecular flexibility index (Phi) is 9.39. The summed E-state index contributed by atoms with van der Waals surface area (Å²) in [6.45, 7) is 15.4. The standard InChI is InChI=1S/C40H32N6/c1-7-30(22-46)27(6)38-16-37(26(5)14-29(20-44)21-45)33-9-8-31-35(24(3)12-23(2)17-41)15-36(25(4)13-28(18-42)19-43)32-10-11-34(38)40(33)39(31)32/h7-16,18,20H,1-2,42,44H2,3-6H3/b24-12+,25-13+,26-14+,28-18+,29-20+,30-27-. The molecular formula is C40H32N6. The van der Waals surface area contributed by atoms with E-state index in [1.54, 1.807) is 24.3 Å². The largest absolute Gasteiger partial charge is 0.404 e. The number of nitrogens with two attached hydrogens (primary N) is 2. The minimum absolute atomic E-state index is 0.325. The second-order valence-electron chi connectivity index (χ2n) is 11.0. The van der Waals surface area contributed by atoms with Crippen LogP contribution in [0.5, 0.6) is 0 Å². The van der Waals surface area contributed by atoms with E-state index in [9.17, 15) is 21.0 Å². The molecule has 6 nitrogen and oxygen atoms in total. The van der Waals surface area contributed by atoms with Crippen LogP contribution in [0.4, 0.5) is 0 Å². The van der Waals surface area contributed by atoms with Crippen molar-refractivity contribution in [2.75, 3.05) is 0 Å². The quantitative estimate of drug-likeness (QED) is 0.118. The highest BCUT2D eigenvalue weighted by Gasteiger charge is 2.21. The summed E-state index contributed by atoms with van der Waals surface area (Å²) in [5.74, 6) is 0.